The summed E-state index contributed by atoms with van der Waals surface area (Å²) in [5, 5.41) is 8.37. The van der Waals surface area contributed by atoms with Crippen LogP contribution in [0.2, 0.25) is 0 Å². The van der Waals surface area contributed by atoms with Gasteiger partial charge in [-0.05, 0) is 36.6 Å². The van der Waals surface area contributed by atoms with E-state index in [9.17, 15) is 0 Å². The summed E-state index contributed by atoms with van der Waals surface area (Å²) < 4.78 is 6.57. The van der Waals surface area contributed by atoms with Crippen molar-refractivity contribution in [1.82, 2.24) is 0 Å². The van der Waals surface area contributed by atoms with E-state index in [-0.39, 0.29) is 0 Å². The third-order valence-electron chi connectivity index (χ3n) is 2.19. The van der Waals surface area contributed by atoms with Gasteiger partial charge in [0.05, 0.1) is 12.7 Å². The molecule has 0 saturated carbocycles. The first kappa shape index (κ1) is 13.0. The molecule has 0 spiro atoms. The second-order valence-electron chi connectivity index (χ2n) is 3.42. The van der Waals surface area contributed by atoms with Gasteiger partial charge in [0, 0.05) is 17.4 Å². The largest absolute Gasteiger partial charge is 0.494 e. The fourth-order valence-corrected chi connectivity index (χ4v) is 1.70. The van der Waals surface area contributed by atoms with Crippen LogP contribution >= 0.6 is 15.9 Å². The lowest BCUT2D eigenvalue weighted by Gasteiger charge is -2.08. The van der Waals surface area contributed by atoms with Crippen LogP contribution < -0.4 is 10.5 Å². The Morgan fingerprint density at radius 1 is 1.38 bits per heavy atom. The highest BCUT2D eigenvalue weighted by Crippen LogP contribution is 2.22. The lowest BCUT2D eigenvalue weighted by Crippen LogP contribution is -2.00. The van der Waals surface area contributed by atoms with Gasteiger partial charge < -0.3 is 10.5 Å². The Hall–Kier alpha value is -1.05. The molecule has 4 heteroatoms. The number of hydrogen-bond donors (Lipinski definition) is 1. The summed E-state index contributed by atoms with van der Waals surface area (Å²) in [6, 6.07) is 7.90. The van der Waals surface area contributed by atoms with Crippen molar-refractivity contribution in [2.75, 3.05) is 6.61 Å². The number of nitrogens with two attached hydrogens (primary N) is 1. The number of nitriles is 1. The predicted octanol–water partition coefficient (Wildman–Crippen LogP) is 2.98. The summed E-state index contributed by atoms with van der Waals surface area (Å²) >= 11 is 3.42. The van der Waals surface area contributed by atoms with E-state index >= 15 is 0 Å². The van der Waals surface area contributed by atoms with Crippen LogP contribution in [0.1, 0.15) is 24.8 Å². The van der Waals surface area contributed by atoms with Crippen molar-refractivity contribution in [1.29, 1.82) is 5.26 Å². The van der Waals surface area contributed by atoms with E-state index in [4.69, 9.17) is 15.7 Å². The molecule has 0 aliphatic carbocycles. The summed E-state index contributed by atoms with van der Waals surface area (Å²) in [6.07, 6.45) is 2.39. The van der Waals surface area contributed by atoms with E-state index in [0.29, 0.717) is 19.6 Å². The number of unbranched alkanes of at least 4 members (excludes halogenated alkanes) is 2. The molecule has 1 aromatic rings. The van der Waals surface area contributed by atoms with Crippen LogP contribution in [0.25, 0.3) is 0 Å². The fourth-order valence-electron chi connectivity index (χ4n) is 1.29. The molecule has 3 nitrogen and oxygen atoms in total. The van der Waals surface area contributed by atoms with E-state index in [1.165, 1.54) is 0 Å². The maximum absolute atomic E-state index is 8.37. The molecule has 0 aliphatic heterocycles. The fraction of sp³-hybridized carbons (Fsp3) is 0.417. The highest BCUT2D eigenvalue weighted by molar-refractivity contribution is 9.10. The second-order valence-corrected chi connectivity index (χ2v) is 4.28. The Morgan fingerprint density at radius 3 is 2.88 bits per heavy atom. The van der Waals surface area contributed by atoms with Crippen molar-refractivity contribution < 1.29 is 4.74 Å². The number of benzene rings is 1. The Kier molecular flexibility index (Phi) is 5.91. The van der Waals surface area contributed by atoms with Crippen LogP contribution in [0, 0.1) is 11.3 Å². The van der Waals surface area contributed by atoms with Crippen molar-refractivity contribution in [2.45, 2.75) is 25.8 Å². The first-order valence-corrected chi connectivity index (χ1v) is 6.05. The molecule has 0 atom stereocenters. The standard InChI is InChI=1S/C12H15BrN2O/c13-12-5-4-11(8-10(12)9-15)16-7-3-1-2-6-14/h4-5,8H,1-3,7,9,15H2. The predicted molar refractivity (Wildman–Crippen MR) is 67.0 cm³/mol. The van der Waals surface area contributed by atoms with E-state index in [2.05, 4.69) is 22.0 Å². The number of rotatable bonds is 6. The van der Waals surface area contributed by atoms with Crippen LogP contribution in [0.3, 0.4) is 0 Å². The third-order valence-corrected chi connectivity index (χ3v) is 2.96. The monoisotopic (exact) mass is 282 g/mol. The molecular formula is C12H15BrN2O. The molecule has 0 fully saturated rings. The van der Waals surface area contributed by atoms with Crippen molar-refractivity contribution in [3.8, 4) is 11.8 Å². The molecule has 0 aliphatic rings. The smallest absolute Gasteiger partial charge is 0.119 e. The summed E-state index contributed by atoms with van der Waals surface area (Å²) in [4.78, 5) is 0. The summed E-state index contributed by atoms with van der Waals surface area (Å²) in [6.45, 7) is 1.14. The van der Waals surface area contributed by atoms with Gasteiger partial charge in [-0.2, -0.15) is 5.26 Å². The Balaban J connectivity index is 2.40. The molecule has 0 unspecified atom stereocenters. The van der Waals surface area contributed by atoms with Crippen molar-refractivity contribution in [3.63, 3.8) is 0 Å². The zero-order chi connectivity index (χ0) is 11.8. The van der Waals surface area contributed by atoms with Crippen LogP contribution in [-0.2, 0) is 6.54 Å². The quantitative estimate of drug-likeness (QED) is 0.816. The SMILES string of the molecule is N#CCCCCOc1ccc(Br)c(CN)c1. The first-order chi connectivity index (χ1) is 7.77. The van der Waals surface area contributed by atoms with Gasteiger partial charge in [-0.25, -0.2) is 0 Å². The molecule has 1 rings (SSSR count). The van der Waals surface area contributed by atoms with Crippen LogP contribution in [-0.4, -0.2) is 6.61 Å². The third kappa shape index (κ3) is 4.21. The molecule has 0 radical (unpaired) electrons. The van der Waals surface area contributed by atoms with Gasteiger partial charge in [0.15, 0.2) is 0 Å². The van der Waals surface area contributed by atoms with E-state index in [1.54, 1.807) is 0 Å². The molecule has 0 saturated heterocycles. The van der Waals surface area contributed by atoms with Gasteiger partial charge in [-0.15, -0.1) is 0 Å². The van der Waals surface area contributed by atoms with E-state index in [1.807, 2.05) is 18.2 Å². The lowest BCUT2D eigenvalue weighted by molar-refractivity contribution is 0.307. The average molecular weight is 283 g/mol. The molecule has 2 N–H and O–H groups in total. The van der Waals surface area contributed by atoms with E-state index < -0.39 is 0 Å². The zero-order valence-corrected chi connectivity index (χ0v) is 10.7. The number of ether oxygens (including phenoxy) is 1. The van der Waals surface area contributed by atoms with Gasteiger partial charge in [-0.1, -0.05) is 15.9 Å². The normalized spacial score (nSPS) is 9.81. The molecule has 0 heterocycles. The van der Waals surface area contributed by atoms with Crippen molar-refractivity contribution in [2.24, 2.45) is 5.73 Å². The van der Waals surface area contributed by atoms with Crippen molar-refractivity contribution in [3.05, 3.63) is 28.2 Å². The molecular weight excluding hydrogens is 268 g/mol. The maximum Gasteiger partial charge on any atom is 0.119 e. The first-order valence-electron chi connectivity index (χ1n) is 5.26. The van der Waals surface area contributed by atoms with Gasteiger partial charge in [0.1, 0.15) is 5.75 Å². The molecule has 16 heavy (non-hydrogen) atoms. The Morgan fingerprint density at radius 2 is 2.19 bits per heavy atom. The van der Waals surface area contributed by atoms with Gasteiger partial charge in [0.2, 0.25) is 0 Å². The number of nitrogens with zero attached hydrogens (tertiary/aromatic N) is 1. The topological polar surface area (TPSA) is 59.0 Å². The van der Waals surface area contributed by atoms with Gasteiger partial charge in [0.25, 0.3) is 0 Å². The number of halogens is 1. The second kappa shape index (κ2) is 7.26. The van der Waals surface area contributed by atoms with Crippen LogP contribution in [0.5, 0.6) is 5.75 Å². The summed E-state index contributed by atoms with van der Waals surface area (Å²) in [5.74, 6) is 0.834. The summed E-state index contributed by atoms with van der Waals surface area (Å²) in [5.41, 5.74) is 6.63. The minimum Gasteiger partial charge on any atom is -0.494 e. The minimum atomic E-state index is 0.492. The molecule has 0 aromatic heterocycles. The zero-order valence-electron chi connectivity index (χ0n) is 9.08. The molecule has 0 bridgehead atoms. The maximum atomic E-state index is 8.37. The highest BCUT2D eigenvalue weighted by Gasteiger charge is 2.00. The number of hydrogen-bond acceptors (Lipinski definition) is 3. The van der Waals surface area contributed by atoms with Gasteiger partial charge in [-0.3, -0.25) is 0 Å². The molecule has 86 valence electrons. The minimum absolute atomic E-state index is 0.492. The lowest BCUT2D eigenvalue weighted by atomic mass is 10.2. The highest BCUT2D eigenvalue weighted by atomic mass is 79.9. The van der Waals surface area contributed by atoms with E-state index in [0.717, 1.165) is 28.6 Å². The van der Waals surface area contributed by atoms with Crippen LogP contribution in [0.15, 0.2) is 22.7 Å². The van der Waals surface area contributed by atoms with Crippen molar-refractivity contribution >= 4 is 15.9 Å². The van der Waals surface area contributed by atoms with Gasteiger partial charge >= 0.3 is 0 Å². The molecule has 1 aromatic carbocycles. The van der Waals surface area contributed by atoms with Crippen LogP contribution in [0.4, 0.5) is 0 Å². The Bertz CT molecular complexity index is 374. The average Bonchev–Trinajstić information content (AvgIpc) is 2.31. The summed E-state index contributed by atoms with van der Waals surface area (Å²) in [7, 11) is 0. The molecule has 0 amide bonds. The Labute approximate surface area is 104 Å².